The topological polar surface area (TPSA) is 48.3 Å². The van der Waals surface area contributed by atoms with Crippen LogP contribution >= 0.6 is 0 Å². The molecule has 1 atom stereocenters. The average molecular weight is 289 g/mol. The van der Waals surface area contributed by atoms with E-state index in [0.717, 1.165) is 24.6 Å². The van der Waals surface area contributed by atoms with E-state index in [2.05, 4.69) is 17.3 Å². The van der Waals surface area contributed by atoms with Crippen LogP contribution in [-0.2, 0) is 6.54 Å². The van der Waals surface area contributed by atoms with Crippen molar-refractivity contribution in [2.75, 3.05) is 19.8 Å². The monoisotopic (exact) mass is 289 g/mol. The molecular weight excluding hydrogens is 266 g/mol. The predicted molar refractivity (Wildman–Crippen MR) is 82.8 cm³/mol. The molecule has 1 heterocycles. The van der Waals surface area contributed by atoms with Crippen LogP contribution in [0.1, 0.15) is 13.8 Å². The third kappa shape index (κ3) is 5.11. The van der Waals surface area contributed by atoms with E-state index in [1.165, 1.54) is 0 Å². The third-order valence-electron chi connectivity index (χ3n) is 3.02. The molecule has 0 fully saturated rings. The molecular formula is C16H23N3O2. The van der Waals surface area contributed by atoms with Gasteiger partial charge in [0.1, 0.15) is 6.61 Å². The van der Waals surface area contributed by atoms with E-state index in [-0.39, 0.29) is 0 Å². The highest BCUT2D eigenvalue weighted by Crippen LogP contribution is 2.25. The first kappa shape index (κ1) is 15.4. The van der Waals surface area contributed by atoms with Gasteiger partial charge in [-0.15, -0.1) is 0 Å². The van der Waals surface area contributed by atoms with Crippen LogP contribution in [0.3, 0.4) is 0 Å². The number of ether oxygens (including phenoxy) is 2. The van der Waals surface area contributed by atoms with Gasteiger partial charge in [-0.05, 0) is 32.0 Å². The lowest BCUT2D eigenvalue weighted by Gasteiger charge is -2.15. The van der Waals surface area contributed by atoms with Gasteiger partial charge >= 0.3 is 0 Å². The number of hydrogen-bond donors (Lipinski definition) is 1. The SMILES string of the molecule is CCOc1ccccc1OCCNC(C)Cn1cccn1. The fourth-order valence-electron chi connectivity index (χ4n) is 2.06. The van der Waals surface area contributed by atoms with Gasteiger partial charge in [-0.1, -0.05) is 12.1 Å². The number of rotatable bonds is 9. The molecule has 0 saturated heterocycles. The molecule has 21 heavy (non-hydrogen) atoms. The Morgan fingerprint density at radius 3 is 2.62 bits per heavy atom. The van der Waals surface area contributed by atoms with Crippen molar-refractivity contribution in [3.63, 3.8) is 0 Å². The molecule has 0 spiro atoms. The quantitative estimate of drug-likeness (QED) is 0.720. The molecule has 1 aromatic carbocycles. The van der Waals surface area contributed by atoms with Gasteiger partial charge in [0.25, 0.3) is 0 Å². The molecule has 0 bridgehead atoms. The summed E-state index contributed by atoms with van der Waals surface area (Å²) >= 11 is 0. The van der Waals surface area contributed by atoms with Gasteiger partial charge in [0.15, 0.2) is 11.5 Å². The molecule has 1 unspecified atom stereocenters. The fourth-order valence-corrected chi connectivity index (χ4v) is 2.06. The van der Waals surface area contributed by atoms with Crippen LogP contribution in [0, 0.1) is 0 Å². The molecule has 1 aromatic heterocycles. The molecule has 0 aliphatic carbocycles. The number of nitrogens with one attached hydrogen (secondary N) is 1. The minimum atomic E-state index is 0.343. The Labute approximate surface area is 125 Å². The summed E-state index contributed by atoms with van der Waals surface area (Å²) in [6.45, 7) is 6.98. The highest BCUT2D eigenvalue weighted by atomic mass is 16.5. The van der Waals surface area contributed by atoms with E-state index in [9.17, 15) is 0 Å². The second-order valence-corrected chi connectivity index (χ2v) is 4.81. The Balaban J connectivity index is 1.69. The van der Waals surface area contributed by atoms with Crippen molar-refractivity contribution < 1.29 is 9.47 Å². The molecule has 2 rings (SSSR count). The standard InChI is InChI=1S/C16H23N3O2/c1-3-20-15-7-4-5-8-16(15)21-12-10-17-14(2)13-19-11-6-9-18-19/h4-9,11,14,17H,3,10,12-13H2,1-2H3. The molecule has 0 aliphatic rings. The van der Waals surface area contributed by atoms with Crippen molar-refractivity contribution in [1.29, 1.82) is 0 Å². The molecule has 0 saturated carbocycles. The van der Waals surface area contributed by atoms with E-state index in [4.69, 9.17) is 9.47 Å². The fraction of sp³-hybridized carbons (Fsp3) is 0.438. The maximum Gasteiger partial charge on any atom is 0.161 e. The van der Waals surface area contributed by atoms with Crippen LogP contribution in [-0.4, -0.2) is 35.6 Å². The Morgan fingerprint density at radius 2 is 1.95 bits per heavy atom. The first-order chi connectivity index (χ1) is 10.3. The van der Waals surface area contributed by atoms with E-state index >= 15 is 0 Å². The van der Waals surface area contributed by atoms with Gasteiger partial charge in [-0.2, -0.15) is 5.10 Å². The Kier molecular flexibility index (Phi) is 6.09. The zero-order valence-corrected chi connectivity index (χ0v) is 12.7. The summed E-state index contributed by atoms with van der Waals surface area (Å²) in [5.74, 6) is 1.59. The summed E-state index contributed by atoms with van der Waals surface area (Å²) in [4.78, 5) is 0. The normalized spacial score (nSPS) is 12.1. The Morgan fingerprint density at radius 1 is 1.19 bits per heavy atom. The highest BCUT2D eigenvalue weighted by molar-refractivity contribution is 5.39. The molecule has 2 aromatic rings. The van der Waals surface area contributed by atoms with Crippen LogP contribution in [0.4, 0.5) is 0 Å². The van der Waals surface area contributed by atoms with Crippen LogP contribution in [0.5, 0.6) is 11.5 Å². The highest BCUT2D eigenvalue weighted by Gasteiger charge is 2.05. The summed E-state index contributed by atoms with van der Waals surface area (Å²) in [5, 5.41) is 7.61. The van der Waals surface area contributed by atoms with E-state index in [1.54, 1.807) is 6.20 Å². The maximum atomic E-state index is 5.77. The van der Waals surface area contributed by atoms with Crippen LogP contribution in [0.2, 0.25) is 0 Å². The minimum Gasteiger partial charge on any atom is -0.490 e. The van der Waals surface area contributed by atoms with Crippen LogP contribution in [0.15, 0.2) is 42.7 Å². The Hall–Kier alpha value is -2.01. The molecule has 0 aliphatic heterocycles. The van der Waals surface area contributed by atoms with E-state index < -0.39 is 0 Å². The van der Waals surface area contributed by atoms with Crippen molar-refractivity contribution in [3.05, 3.63) is 42.7 Å². The smallest absolute Gasteiger partial charge is 0.161 e. The van der Waals surface area contributed by atoms with E-state index in [0.29, 0.717) is 19.3 Å². The molecule has 1 N–H and O–H groups in total. The second-order valence-electron chi connectivity index (χ2n) is 4.81. The minimum absolute atomic E-state index is 0.343. The summed E-state index contributed by atoms with van der Waals surface area (Å²) < 4.78 is 13.2. The number of hydrogen-bond acceptors (Lipinski definition) is 4. The summed E-state index contributed by atoms with van der Waals surface area (Å²) in [7, 11) is 0. The van der Waals surface area contributed by atoms with Gasteiger partial charge in [0.05, 0.1) is 13.2 Å². The lowest BCUT2D eigenvalue weighted by molar-refractivity contribution is 0.270. The van der Waals surface area contributed by atoms with Gasteiger partial charge in [0, 0.05) is 25.0 Å². The Bertz CT molecular complexity index is 514. The number of para-hydroxylation sites is 2. The van der Waals surface area contributed by atoms with Crippen molar-refractivity contribution in [3.8, 4) is 11.5 Å². The average Bonchev–Trinajstić information content (AvgIpc) is 2.98. The van der Waals surface area contributed by atoms with Gasteiger partial charge in [-0.3, -0.25) is 4.68 Å². The molecule has 0 amide bonds. The van der Waals surface area contributed by atoms with Crippen molar-refractivity contribution >= 4 is 0 Å². The number of aromatic nitrogens is 2. The first-order valence-electron chi connectivity index (χ1n) is 7.35. The predicted octanol–water partition coefficient (Wildman–Crippen LogP) is 2.34. The third-order valence-corrected chi connectivity index (χ3v) is 3.02. The molecule has 114 valence electrons. The summed E-state index contributed by atoms with van der Waals surface area (Å²) in [6, 6.07) is 10.0. The lowest BCUT2D eigenvalue weighted by atomic mass is 10.3. The van der Waals surface area contributed by atoms with Gasteiger partial charge in [-0.25, -0.2) is 0 Å². The molecule has 5 heteroatoms. The second kappa shape index (κ2) is 8.32. The van der Waals surface area contributed by atoms with Crippen molar-refractivity contribution in [1.82, 2.24) is 15.1 Å². The largest absolute Gasteiger partial charge is 0.490 e. The van der Waals surface area contributed by atoms with E-state index in [1.807, 2.05) is 48.1 Å². The molecule has 0 radical (unpaired) electrons. The molecule has 5 nitrogen and oxygen atoms in total. The van der Waals surface area contributed by atoms with Crippen molar-refractivity contribution in [2.24, 2.45) is 0 Å². The first-order valence-corrected chi connectivity index (χ1v) is 7.35. The van der Waals surface area contributed by atoms with Crippen LogP contribution in [0.25, 0.3) is 0 Å². The maximum absolute atomic E-state index is 5.77. The van der Waals surface area contributed by atoms with Crippen molar-refractivity contribution in [2.45, 2.75) is 26.4 Å². The summed E-state index contributed by atoms with van der Waals surface area (Å²) in [6.07, 6.45) is 3.76. The zero-order chi connectivity index (χ0) is 14.9. The zero-order valence-electron chi connectivity index (χ0n) is 12.7. The van der Waals surface area contributed by atoms with Gasteiger partial charge in [0.2, 0.25) is 0 Å². The summed E-state index contributed by atoms with van der Waals surface area (Å²) in [5.41, 5.74) is 0. The lowest BCUT2D eigenvalue weighted by Crippen LogP contribution is -2.33. The number of nitrogens with zero attached hydrogens (tertiary/aromatic N) is 2. The number of benzene rings is 1. The van der Waals surface area contributed by atoms with Gasteiger partial charge < -0.3 is 14.8 Å². The van der Waals surface area contributed by atoms with Crippen LogP contribution < -0.4 is 14.8 Å².